The van der Waals surface area contributed by atoms with Crippen molar-refractivity contribution in [1.29, 1.82) is 0 Å². The second-order valence-corrected chi connectivity index (χ2v) is 8.64. The predicted molar refractivity (Wildman–Crippen MR) is 118 cm³/mol. The van der Waals surface area contributed by atoms with Gasteiger partial charge in [-0.05, 0) is 37.2 Å². The van der Waals surface area contributed by atoms with Crippen molar-refractivity contribution < 1.29 is 24.6 Å². The summed E-state index contributed by atoms with van der Waals surface area (Å²) in [5.74, 6) is -0.00982. The van der Waals surface area contributed by atoms with Gasteiger partial charge >= 0.3 is 0 Å². The molecule has 0 bridgehead atoms. The molecule has 1 aromatic carbocycles. The van der Waals surface area contributed by atoms with Gasteiger partial charge in [0.05, 0.1) is 12.5 Å². The molecule has 3 atom stereocenters. The number of aliphatic hydroxyl groups is 2. The van der Waals surface area contributed by atoms with Gasteiger partial charge in [0, 0.05) is 6.61 Å². The number of hydrogen-bond donors (Lipinski definition) is 2. The molecule has 6 heteroatoms. The monoisotopic (exact) mass is 420 g/mol. The van der Waals surface area contributed by atoms with Gasteiger partial charge in [-0.3, -0.25) is 0 Å². The highest BCUT2D eigenvalue weighted by Crippen LogP contribution is 2.23. The Morgan fingerprint density at radius 3 is 2.43 bits per heavy atom. The van der Waals surface area contributed by atoms with Gasteiger partial charge in [0.25, 0.3) is 0 Å². The van der Waals surface area contributed by atoms with E-state index in [1.807, 2.05) is 6.07 Å². The third kappa shape index (κ3) is 7.99. The highest BCUT2D eigenvalue weighted by atomic mass is 16.5. The topological polar surface area (TPSA) is 85.1 Å². The van der Waals surface area contributed by atoms with Crippen LogP contribution in [-0.4, -0.2) is 59.7 Å². The van der Waals surface area contributed by atoms with Gasteiger partial charge in [0.2, 0.25) is 0 Å². The summed E-state index contributed by atoms with van der Waals surface area (Å²) >= 11 is 0. The molecule has 1 aromatic rings. The van der Waals surface area contributed by atoms with Gasteiger partial charge in [-0.25, -0.2) is 0 Å². The highest BCUT2D eigenvalue weighted by Gasteiger charge is 2.33. The fourth-order valence-electron chi connectivity index (χ4n) is 4.18. The number of aliphatic hydroxyl groups excluding tert-OH is 2. The Hall–Kier alpha value is -1.47. The van der Waals surface area contributed by atoms with E-state index in [-0.39, 0.29) is 11.2 Å². The second kappa shape index (κ2) is 13.1. The number of hydrogen-bond acceptors (Lipinski definition) is 5. The van der Waals surface area contributed by atoms with Crippen LogP contribution < -0.4 is 5.11 Å². The maximum Gasteiger partial charge on any atom is 0.131 e. The molecule has 2 rings (SSSR count). The van der Waals surface area contributed by atoms with Gasteiger partial charge in [-0.15, -0.1) is 5.10 Å². The minimum Gasteiger partial charge on any atom is -0.856 e. The van der Waals surface area contributed by atoms with Crippen molar-refractivity contribution in [2.45, 2.75) is 71.0 Å². The number of rotatable bonds is 13. The van der Waals surface area contributed by atoms with Crippen LogP contribution in [-0.2, 0) is 4.74 Å². The second-order valence-electron chi connectivity index (χ2n) is 8.64. The standard InChI is InChI=1S/C24H40N2O4/c1-3-5-12-20(4-2)18-30-19-22(27)17-26(15-10-7-11-16-26)25-24(29)23(28)21-13-8-6-9-14-21/h6,8-9,13-14,20,22-23,27-28H,3-5,7,10-12,15-19H2,1-2H3. The number of piperidine rings is 1. The first kappa shape index (κ1) is 24.8. The third-order valence-corrected chi connectivity index (χ3v) is 6.07. The van der Waals surface area contributed by atoms with Gasteiger partial charge in [-0.2, -0.15) is 4.59 Å². The van der Waals surface area contributed by atoms with Gasteiger partial charge in [0.1, 0.15) is 31.8 Å². The molecule has 0 saturated carbocycles. The van der Waals surface area contributed by atoms with E-state index in [1.165, 1.54) is 12.8 Å². The summed E-state index contributed by atoms with van der Waals surface area (Å²) in [6.45, 7) is 7.05. The molecule has 30 heavy (non-hydrogen) atoms. The number of nitrogens with zero attached hydrogens (tertiary/aromatic N) is 2. The molecule has 3 unspecified atom stereocenters. The number of likely N-dealkylation sites (tertiary alicyclic amines) is 1. The predicted octanol–water partition coefficient (Wildman–Crippen LogP) is 2.99. The summed E-state index contributed by atoms with van der Waals surface area (Å²) in [7, 11) is 0. The number of unbranched alkanes of at least 4 members (excludes halogenated alkanes) is 1. The van der Waals surface area contributed by atoms with E-state index in [0.29, 0.717) is 37.7 Å². The molecule has 1 aliphatic heterocycles. The maximum absolute atomic E-state index is 12.7. The Kier molecular flexibility index (Phi) is 10.8. The van der Waals surface area contributed by atoms with Crippen molar-refractivity contribution >= 4 is 5.90 Å². The van der Waals surface area contributed by atoms with Crippen LogP contribution in [0, 0.1) is 5.92 Å². The van der Waals surface area contributed by atoms with Crippen molar-refractivity contribution in [1.82, 2.24) is 0 Å². The van der Waals surface area contributed by atoms with E-state index < -0.39 is 18.1 Å². The van der Waals surface area contributed by atoms with Crippen LogP contribution >= 0.6 is 0 Å². The highest BCUT2D eigenvalue weighted by molar-refractivity contribution is 5.77. The quantitative estimate of drug-likeness (QED) is 0.292. The lowest BCUT2D eigenvalue weighted by Crippen LogP contribution is -2.53. The Balaban J connectivity index is 1.97. The van der Waals surface area contributed by atoms with Crippen molar-refractivity contribution in [3.63, 3.8) is 0 Å². The first-order valence-electron chi connectivity index (χ1n) is 11.6. The van der Waals surface area contributed by atoms with Crippen LogP contribution in [0.5, 0.6) is 0 Å². The molecule has 1 heterocycles. The van der Waals surface area contributed by atoms with Crippen LogP contribution in [0.15, 0.2) is 35.4 Å². The van der Waals surface area contributed by atoms with Gasteiger partial charge < -0.3 is 20.1 Å². The van der Waals surface area contributed by atoms with E-state index in [2.05, 4.69) is 18.9 Å². The van der Waals surface area contributed by atoms with Crippen LogP contribution in [0.2, 0.25) is 0 Å². The lowest BCUT2D eigenvalue weighted by Gasteiger charge is -2.38. The van der Waals surface area contributed by atoms with Crippen LogP contribution in [0.25, 0.3) is 0 Å². The maximum atomic E-state index is 12.7. The summed E-state index contributed by atoms with van der Waals surface area (Å²) in [6.07, 6.45) is 5.70. The molecule has 0 amide bonds. The first-order valence-corrected chi connectivity index (χ1v) is 11.6. The molecule has 6 nitrogen and oxygen atoms in total. The number of benzene rings is 1. The summed E-state index contributed by atoms with van der Waals surface area (Å²) in [6, 6.07) is 8.89. The average Bonchev–Trinajstić information content (AvgIpc) is 2.76. The van der Waals surface area contributed by atoms with E-state index in [9.17, 15) is 15.3 Å². The lowest BCUT2D eigenvalue weighted by atomic mass is 10.0. The third-order valence-electron chi connectivity index (χ3n) is 6.07. The summed E-state index contributed by atoms with van der Waals surface area (Å²) in [4.78, 5) is 0. The number of quaternary nitrogens is 1. The fraction of sp³-hybridized carbons (Fsp3) is 0.708. The Labute approximate surface area is 181 Å². The Bertz CT molecular complexity index is 617. The minimum absolute atomic E-state index is 0.181. The normalized spacial score (nSPS) is 19.9. The average molecular weight is 421 g/mol. The number of ether oxygens (including phenoxy) is 1. The molecular formula is C24H40N2O4. The summed E-state index contributed by atoms with van der Waals surface area (Å²) < 4.78 is 6.00. The van der Waals surface area contributed by atoms with Crippen molar-refractivity contribution in [3.05, 3.63) is 35.9 Å². The van der Waals surface area contributed by atoms with Crippen molar-refractivity contribution in [3.8, 4) is 0 Å². The van der Waals surface area contributed by atoms with Crippen LogP contribution in [0.4, 0.5) is 0 Å². The fourth-order valence-corrected chi connectivity index (χ4v) is 4.18. The molecule has 0 aromatic heterocycles. The zero-order valence-corrected chi connectivity index (χ0v) is 18.7. The van der Waals surface area contributed by atoms with Crippen LogP contribution in [0.1, 0.15) is 70.5 Å². The first-order chi connectivity index (χ1) is 14.5. The van der Waals surface area contributed by atoms with Crippen molar-refractivity contribution in [2.75, 3.05) is 32.8 Å². The largest absolute Gasteiger partial charge is 0.856 e. The zero-order chi connectivity index (χ0) is 21.8. The Morgan fingerprint density at radius 1 is 1.10 bits per heavy atom. The molecule has 0 spiro atoms. The van der Waals surface area contributed by atoms with Crippen molar-refractivity contribution in [2.24, 2.45) is 11.0 Å². The Morgan fingerprint density at radius 2 is 1.80 bits per heavy atom. The summed E-state index contributed by atoms with van der Waals surface area (Å²) in [5.41, 5.74) is 0.544. The molecule has 170 valence electrons. The molecule has 0 radical (unpaired) electrons. The smallest absolute Gasteiger partial charge is 0.131 e. The van der Waals surface area contributed by atoms with E-state index in [0.717, 1.165) is 32.1 Å². The van der Waals surface area contributed by atoms with E-state index in [1.54, 1.807) is 24.3 Å². The molecule has 1 fully saturated rings. The molecule has 0 aliphatic carbocycles. The summed E-state index contributed by atoms with van der Waals surface area (Å²) in [5, 5.41) is 38.2. The van der Waals surface area contributed by atoms with Gasteiger partial charge in [-0.1, -0.05) is 63.4 Å². The minimum atomic E-state index is -1.26. The molecule has 1 saturated heterocycles. The lowest BCUT2D eigenvalue weighted by molar-refractivity contribution is -0.942. The zero-order valence-electron chi connectivity index (χ0n) is 18.7. The molecule has 2 N–H and O–H groups in total. The SMILES string of the molecule is CCCCC(CC)COCC(O)C[N+]1(/N=C(\[O-])C(O)c2ccccc2)CCCCC1. The van der Waals surface area contributed by atoms with Crippen LogP contribution in [0.3, 0.4) is 0 Å². The van der Waals surface area contributed by atoms with Gasteiger partial charge in [0.15, 0.2) is 0 Å². The van der Waals surface area contributed by atoms with E-state index in [4.69, 9.17) is 4.74 Å². The molecular weight excluding hydrogens is 380 g/mol. The molecule has 1 aliphatic rings. The van der Waals surface area contributed by atoms with E-state index >= 15 is 0 Å².